The number of carbonyl (C=O) groups is 2. The van der Waals surface area contributed by atoms with Crippen molar-refractivity contribution in [3.05, 3.63) is 34.8 Å². The molecule has 0 spiro atoms. The second kappa shape index (κ2) is 7.50. The van der Waals surface area contributed by atoms with Gasteiger partial charge in [0.2, 0.25) is 0 Å². The van der Waals surface area contributed by atoms with E-state index in [2.05, 4.69) is 4.98 Å². The topological polar surface area (TPSA) is 85.7 Å². The second-order valence-electron chi connectivity index (χ2n) is 6.95. The number of carboxylic acids is 1. The van der Waals surface area contributed by atoms with Gasteiger partial charge in [-0.3, -0.25) is 9.78 Å². The molecule has 2 heterocycles. The number of pyridine rings is 1. The van der Waals surface area contributed by atoms with Crippen LogP contribution in [-0.4, -0.2) is 45.2 Å². The van der Waals surface area contributed by atoms with Crippen LogP contribution in [0.5, 0.6) is 0 Å². The van der Waals surface area contributed by atoms with E-state index in [1.54, 1.807) is 0 Å². The highest BCUT2D eigenvalue weighted by Gasteiger charge is 2.52. The van der Waals surface area contributed by atoms with Crippen molar-refractivity contribution in [2.24, 2.45) is 0 Å². The van der Waals surface area contributed by atoms with Crippen LogP contribution in [0.3, 0.4) is 0 Å². The molecule has 1 aromatic heterocycles. The molecular weight excluding hydrogens is 360 g/mol. The first-order chi connectivity index (χ1) is 11.9. The minimum atomic E-state index is -1.38. The summed E-state index contributed by atoms with van der Waals surface area (Å²) in [6.07, 6.45) is 2.61. The molecule has 1 aliphatic heterocycles. The predicted molar refractivity (Wildman–Crippen MR) is 98.4 cm³/mol. The Labute approximate surface area is 156 Å². The van der Waals surface area contributed by atoms with Crippen LogP contribution >= 0.6 is 11.8 Å². The van der Waals surface area contributed by atoms with E-state index in [0.717, 1.165) is 17.8 Å². The van der Waals surface area contributed by atoms with Gasteiger partial charge in [-0.2, -0.15) is 0 Å². The number of hydrogen-bond acceptors (Lipinski definition) is 6. The molecule has 140 valence electrons. The maximum Gasteiger partial charge on any atom is 0.491 e. The van der Waals surface area contributed by atoms with Gasteiger partial charge >= 0.3 is 13.1 Å². The van der Waals surface area contributed by atoms with E-state index in [-0.39, 0.29) is 16.6 Å². The van der Waals surface area contributed by atoms with Crippen LogP contribution < -0.4 is 0 Å². The summed E-state index contributed by atoms with van der Waals surface area (Å²) in [5.41, 5.74) is -1.32. The molecule has 0 aliphatic carbocycles. The van der Waals surface area contributed by atoms with Crippen LogP contribution in [-0.2, 0) is 14.1 Å². The Balaban J connectivity index is 2.43. The fourth-order valence-electron chi connectivity index (χ4n) is 2.26. The first-order valence-corrected chi connectivity index (χ1v) is 9.00. The highest BCUT2D eigenvalue weighted by Crippen LogP contribution is 2.39. The molecule has 6 nitrogen and oxygen atoms in total. The summed E-state index contributed by atoms with van der Waals surface area (Å²) in [7, 11) is -0.790. The van der Waals surface area contributed by atoms with E-state index in [0.29, 0.717) is 5.47 Å². The van der Waals surface area contributed by atoms with Crippen molar-refractivity contribution in [1.29, 1.82) is 0 Å². The average molecular weight is 381 g/mol. The van der Waals surface area contributed by atoms with Gasteiger partial charge in [0, 0.05) is 18.9 Å². The monoisotopic (exact) mass is 381 g/mol. The molecule has 1 aliphatic rings. The van der Waals surface area contributed by atoms with Gasteiger partial charge in [0.15, 0.2) is 10.9 Å². The second-order valence-corrected chi connectivity index (χ2v) is 8.10. The van der Waals surface area contributed by atoms with Crippen molar-refractivity contribution in [1.82, 2.24) is 4.98 Å². The van der Waals surface area contributed by atoms with Gasteiger partial charge in [-0.15, -0.1) is 0 Å². The molecule has 0 atom stereocenters. The van der Waals surface area contributed by atoms with Crippen molar-refractivity contribution >= 4 is 36.0 Å². The Morgan fingerprint density at radius 3 is 2.38 bits per heavy atom. The molecule has 9 heteroatoms. The van der Waals surface area contributed by atoms with Crippen molar-refractivity contribution in [2.45, 2.75) is 45.8 Å². The maximum absolute atomic E-state index is 14.4. The Bertz CT molecular complexity index is 750. The molecule has 0 unspecified atom stereocenters. The third kappa shape index (κ3) is 4.33. The van der Waals surface area contributed by atoms with Crippen LogP contribution in [0.1, 0.15) is 50.7 Å². The van der Waals surface area contributed by atoms with Crippen molar-refractivity contribution in [3.8, 4) is 0 Å². The van der Waals surface area contributed by atoms with E-state index >= 15 is 0 Å². The lowest BCUT2D eigenvalue weighted by Gasteiger charge is -2.32. The normalized spacial score (nSPS) is 18.8. The molecule has 0 amide bonds. The van der Waals surface area contributed by atoms with Crippen molar-refractivity contribution < 1.29 is 28.4 Å². The number of thioether (sulfide) groups is 1. The standard InChI is InChI=1S/C17H21BFNO5S/c1-10(21)26-9-11(18-24-16(2,3)17(4,5)25-18)8-13-14(19)12(15(22)23)6-7-20-13/h6-8H,9H2,1-5H3,(H,22,23). The molecule has 1 fully saturated rings. The zero-order valence-electron chi connectivity index (χ0n) is 15.3. The summed E-state index contributed by atoms with van der Waals surface area (Å²) in [5, 5.41) is 8.95. The quantitative estimate of drug-likeness (QED) is 0.784. The number of rotatable bonds is 5. The van der Waals surface area contributed by atoms with Gasteiger partial charge in [-0.05, 0) is 45.3 Å². The minimum Gasteiger partial charge on any atom is -0.478 e. The SMILES string of the molecule is CC(=O)SCC(=Cc1nccc(C(=O)O)c1F)B1OC(C)(C)C(C)(C)O1. The lowest BCUT2D eigenvalue weighted by atomic mass is 9.78. The predicted octanol–water partition coefficient (Wildman–Crippen LogP) is 3.21. The summed E-state index contributed by atoms with van der Waals surface area (Å²) < 4.78 is 26.4. The smallest absolute Gasteiger partial charge is 0.478 e. The van der Waals surface area contributed by atoms with Gasteiger partial charge < -0.3 is 14.4 Å². The van der Waals surface area contributed by atoms with Gasteiger partial charge in [-0.25, -0.2) is 9.18 Å². The van der Waals surface area contributed by atoms with Crippen LogP contribution in [0.15, 0.2) is 17.7 Å². The number of halogens is 1. The van der Waals surface area contributed by atoms with E-state index in [1.807, 2.05) is 27.7 Å². The van der Waals surface area contributed by atoms with Gasteiger partial charge in [-0.1, -0.05) is 11.8 Å². The van der Waals surface area contributed by atoms with Gasteiger partial charge in [0.1, 0.15) is 0 Å². The number of aromatic carboxylic acids is 1. The number of aromatic nitrogens is 1. The Kier molecular flexibility index (Phi) is 5.94. The lowest BCUT2D eigenvalue weighted by Crippen LogP contribution is -2.41. The van der Waals surface area contributed by atoms with Crippen LogP contribution in [0, 0.1) is 5.82 Å². The molecule has 26 heavy (non-hydrogen) atoms. The fourth-order valence-corrected chi connectivity index (χ4v) is 2.85. The molecular formula is C17H21BFNO5S. The summed E-state index contributed by atoms with van der Waals surface area (Å²) in [4.78, 5) is 26.4. The summed E-state index contributed by atoms with van der Waals surface area (Å²) in [6.45, 7) is 8.95. The molecule has 1 N–H and O–H groups in total. The van der Waals surface area contributed by atoms with E-state index in [4.69, 9.17) is 14.4 Å². The third-order valence-corrected chi connectivity index (χ3v) is 5.35. The van der Waals surface area contributed by atoms with E-state index in [9.17, 15) is 14.0 Å². The zero-order valence-corrected chi connectivity index (χ0v) is 16.1. The van der Waals surface area contributed by atoms with Gasteiger partial charge in [0.25, 0.3) is 0 Å². The van der Waals surface area contributed by atoms with Gasteiger partial charge in [0.05, 0.1) is 22.5 Å². The Hall–Kier alpha value is -1.71. The highest BCUT2D eigenvalue weighted by atomic mass is 32.2. The summed E-state index contributed by atoms with van der Waals surface area (Å²) in [6, 6.07) is 1.09. The zero-order chi connectivity index (χ0) is 19.7. The number of hydrogen-bond donors (Lipinski definition) is 1. The first-order valence-electron chi connectivity index (χ1n) is 8.02. The summed E-state index contributed by atoms with van der Waals surface area (Å²) in [5.74, 6) is -2.11. The van der Waals surface area contributed by atoms with Crippen LogP contribution in [0.2, 0.25) is 0 Å². The van der Waals surface area contributed by atoms with Crippen LogP contribution in [0.25, 0.3) is 6.08 Å². The summed E-state index contributed by atoms with van der Waals surface area (Å²) >= 11 is 1.03. The van der Waals surface area contributed by atoms with E-state index < -0.39 is 35.7 Å². The third-order valence-electron chi connectivity index (χ3n) is 4.47. The molecule has 2 rings (SSSR count). The lowest BCUT2D eigenvalue weighted by molar-refractivity contribution is -0.109. The average Bonchev–Trinajstić information content (AvgIpc) is 2.72. The number of carboxylic acid groups (broad SMARTS) is 1. The first kappa shape index (κ1) is 20.6. The molecule has 0 saturated carbocycles. The van der Waals surface area contributed by atoms with Crippen LogP contribution in [0.4, 0.5) is 4.39 Å². The van der Waals surface area contributed by atoms with E-state index in [1.165, 1.54) is 19.2 Å². The van der Waals surface area contributed by atoms with Crippen molar-refractivity contribution in [3.63, 3.8) is 0 Å². The Morgan fingerprint density at radius 2 is 1.88 bits per heavy atom. The maximum atomic E-state index is 14.4. The largest absolute Gasteiger partial charge is 0.491 e. The minimum absolute atomic E-state index is 0.111. The number of nitrogens with zero attached hydrogens (tertiary/aromatic N) is 1. The van der Waals surface area contributed by atoms with Crippen molar-refractivity contribution in [2.75, 3.05) is 5.75 Å². The number of carbonyl (C=O) groups excluding carboxylic acids is 1. The Morgan fingerprint density at radius 1 is 1.31 bits per heavy atom. The highest BCUT2D eigenvalue weighted by molar-refractivity contribution is 8.13. The molecule has 0 bridgehead atoms. The molecule has 0 aromatic carbocycles. The molecule has 0 radical (unpaired) electrons. The molecule has 1 aromatic rings. The fraction of sp³-hybridized carbons (Fsp3) is 0.471. The molecule has 1 saturated heterocycles.